The van der Waals surface area contributed by atoms with Crippen LogP contribution in [0.15, 0.2) is 33.5 Å². The average Bonchev–Trinajstić information content (AvgIpc) is 3.21. The Balaban J connectivity index is 1.82. The van der Waals surface area contributed by atoms with Gasteiger partial charge in [-0.25, -0.2) is 4.79 Å². The van der Waals surface area contributed by atoms with Crippen molar-refractivity contribution in [1.29, 1.82) is 0 Å². The van der Waals surface area contributed by atoms with Crippen LogP contribution in [-0.2, 0) is 4.74 Å². The number of hydrogen-bond donors (Lipinski definition) is 0. The minimum Gasteiger partial charge on any atom is -0.461 e. The Morgan fingerprint density at radius 2 is 2.14 bits per heavy atom. The zero-order valence-corrected chi connectivity index (χ0v) is 12.2. The van der Waals surface area contributed by atoms with Gasteiger partial charge in [0.15, 0.2) is 5.43 Å². The fourth-order valence-corrected chi connectivity index (χ4v) is 2.52. The van der Waals surface area contributed by atoms with Gasteiger partial charge in [-0.3, -0.25) is 4.79 Å². The molecule has 0 amide bonds. The molecule has 0 saturated heterocycles. The number of hydrogen-bond acceptors (Lipinski definition) is 4. The maximum atomic E-state index is 12.1. The second-order valence-electron chi connectivity index (χ2n) is 5.83. The van der Waals surface area contributed by atoms with Crippen molar-refractivity contribution in [3.8, 4) is 0 Å². The topological polar surface area (TPSA) is 56.5 Å². The monoisotopic (exact) mass is 286 g/mol. The normalized spacial score (nSPS) is 15.9. The van der Waals surface area contributed by atoms with Crippen LogP contribution in [0.1, 0.15) is 42.3 Å². The first-order valence-electron chi connectivity index (χ1n) is 7.28. The van der Waals surface area contributed by atoms with Crippen molar-refractivity contribution in [3.05, 3.63) is 45.8 Å². The first-order valence-corrected chi connectivity index (χ1v) is 7.28. The molecule has 1 aromatic carbocycles. The molecule has 1 saturated carbocycles. The second kappa shape index (κ2) is 5.35. The van der Waals surface area contributed by atoms with E-state index < -0.39 is 0 Å². The van der Waals surface area contributed by atoms with Crippen LogP contribution in [0.3, 0.4) is 0 Å². The van der Waals surface area contributed by atoms with E-state index in [2.05, 4.69) is 0 Å². The third-order valence-corrected chi connectivity index (χ3v) is 3.76. The van der Waals surface area contributed by atoms with E-state index in [0.29, 0.717) is 28.2 Å². The number of rotatable bonds is 4. The van der Waals surface area contributed by atoms with Crippen molar-refractivity contribution in [3.63, 3.8) is 0 Å². The maximum Gasteiger partial charge on any atom is 0.338 e. The standard InChI is InChI=1S/C17H18O4/c1-10(7-12-3-4-12)21-17(19)13-5-6-14-15(18)8-11(2)20-16(14)9-13/h5-6,8-10,12H,3-4,7H2,1-2H3. The lowest BCUT2D eigenvalue weighted by atomic mass is 10.1. The number of fused-ring (bicyclic) bond motifs is 1. The fraction of sp³-hybridized carbons (Fsp3) is 0.412. The molecule has 0 spiro atoms. The fourth-order valence-electron chi connectivity index (χ4n) is 2.52. The summed E-state index contributed by atoms with van der Waals surface area (Å²) in [6.07, 6.45) is 3.32. The molecule has 4 heteroatoms. The van der Waals surface area contributed by atoms with Gasteiger partial charge in [0.25, 0.3) is 0 Å². The highest BCUT2D eigenvalue weighted by Crippen LogP contribution is 2.34. The summed E-state index contributed by atoms with van der Waals surface area (Å²) in [5, 5.41) is 0.475. The van der Waals surface area contributed by atoms with E-state index in [1.165, 1.54) is 18.9 Å². The summed E-state index contributed by atoms with van der Waals surface area (Å²) in [7, 11) is 0. The van der Waals surface area contributed by atoms with Gasteiger partial charge in [0.2, 0.25) is 0 Å². The highest BCUT2D eigenvalue weighted by Gasteiger charge is 2.25. The van der Waals surface area contributed by atoms with Crippen LogP contribution < -0.4 is 5.43 Å². The van der Waals surface area contributed by atoms with Crippen molar-refractivity contribution in [2.45, 2.75) is 39.2 Å². The van der Waals surface area contributed by atoms with E-state index in [0.717, 1.165) is 6.42 Å². The van der Waals surface area contributed by atoms with Crippen LogP contribution in [0.5, 0.6) is 0 Å². The molecule has 3 rings (SSSR count). The van der Waals surface area contributed by atoms with E-state index in [-0.39, 0.29) is 17.5 Å². The summed E-state index contributed by atoms with van der Waals surface area (Å²) in [5.74, 6) is 0.874. The van der Waals surface area contributed by atoms with Gasteiger partial charge in [0.05, 0.1) is 17.1 Å². The molecular formula is C17H18O4. The Labute approximate surface area is 122 Å². The predicted molar refractivity (Wildman–Crippen MR) is 79.4 cm³/mol. The van der Waals surface area contributed by atoms with Crippen molar-refractivity contribution < 1.29 is 13.9 Å². The molecule has 21 heavy (non-hydrogen) atoms. The van der Waals surface area contributed by atoms with Gasteiger partial charge < -0.3 is 9.15 Å². The molecule has 110 valence electrons. The molecule has 0 N–H and O–H groups in total. The SMILES string of the molecule is Cc1cc(=O)c2ccc(C(=O)OC(C)CC3CC3)cc2o1. The number of carbonyl (C=O) groups is 1. The van der Waals surface area contributed by atoms with Crippen molar-refractivity contribution >= 4 is 16.9 Å². The summed E-state index contributed by atoms with van der Waals surface area (Å²) in [6, 6.07) is 6.25. The maximum absolute atomic E-state index is 12.1. The number of esters is 1. The van der Waals surface area contributed by atoms with Crippen molar-refractivity contribution in [2.24, 2.45) is 5.92 Å². The highest BCUT2D eigenvalue weighted by atomic mass is 16.5. The van der Waals surface area contributed by atoms with Crippen LogP contribution in [0.25, 0.3) is 11.0 Å². The second-order valence-corrected chi connectivity index (χ2v) is 5.83. The first-order chi connectivity index (χ1) is 10.0. The number of benzene rings is 1. The minimum absolute atomic E-state index is 0.0785. The van der Waals surface area contributed by atoms with Crippen molar-refractivity contribution in [2.75, 3.05) is 0 Å². The zero-order chi connectivity index (χ0) is 15.0. The van der Waals surface area contributed by atoms with Crippen molar-refractivity contribution in [1.82, 2.24) is 0 Å². The summed E-state index contributed by atoms with van der Waals surface area (Å²) < 4.78 is 10.9. The molecule has 1 aliphatic rings. The molecule has 0 aliphatic heterocycles. The third-order valence-electron chi connectivity index (χ3n) is 3.76. The van der Waals surface area contributed by atoms with Crippen LogP contribution in [-0.4, -0.2) is 12.1 Å². The molecule has 4 nitrogen and oxygen atoms in total. The Bertz CT molecular complexity index is 740. The van der Waals surface area contributed by atoms with Crippen LogP contribution in [0.2, 0.25) is 0 Å². The van der Waals surface area contributed by atoms with Gasteiger partial charge in [-0.2, -0.15) is 0 Å². The lowest BCUT2D eigenvalue weighted by Gasteiger charge is -2.12. The molecule has 1 fully saturated rings. The highest BCUT2D eigenvalue weighted by molar-refractivity contribution is 5.93. The lowest BCUT2D eigenvalue weighted by molar-refractivity contribution is 0.0313. The van der Waals surface area contributed by atoms with Gasteiger partial charge in [-0.15, -0.1) is 0 Å². The Morgan fingerprint density at radius 1 is 1.38 bits per heavy atom. The van der Waals surface area contributed by atoms with Gasteiger partial charge in [-0.05, 0) is 44.4 Å². The molecule has 2 aromatic rings. The molecule has 1 unspecified atom stereocenters. The largest absolute Gasteiger partial charge is 0.461 e. The smallest absolute Gasteiger partial charge is 0.338 e. The Kier molecular flexibility index (Phi) is 3.53. The average molecular weight is 286 g/mol. The third kappa shape index (κ3) is 3.15. The minimum atomic E-state index is -0.366. The van der Waals surface area contributed by atoms with Gasteiger partial charge in [-0.1, -0.05) is 12.8 Å². The van der Waals surface area contributed by atoms with E-state index in [4.69, 9.17) is 9.15 Å². The Hall–Kier alpha value is -2.10. The summed E-state index contributed by atoms with van der Waals surface area (Å²) in [4.78, 5) is 23.9. The summed E-state index contributed by atoms with van der Waals surface area (Å²) in [6.45, 7) is 3.63. The number of aryl methyl sites for hydroxylation is 1. The van der Waals surface area contributed by atoms with Gasteiger partial charge >= 0.3 is 5.97 Å². The van der Waals surface area contributed by atoms with Crippen LogP contribution >= 0.6 is 0 Å². The molecule has 1 heterocycles. The molecule has 0 bridgehead atoms. The molecular weight excluding hydrogens is 268 g/mol. The quantitative estimate of drug-likeness (QED) is 0.808. The van der Waals surface area contributed by atoms with E-state index in [1.54, 1.807) is 25.1 Å². The van der Waals surface area contributed by atoms with E-state index in [1.807, 2.05) is 6.92 Å². The van der Waals surface area contributed by atoms with E-state index >= 15 is 0 Å². The molecule has 1 atom stereocenters. The number of ether oxygens (including phenoxy) is 1. The summed E-state index contributed by atoms with van der Waals surface area (Å²) in [5.41, 5.74) is 0.735. The molecule has 1 aliphatic carbocycles. The molecule has 0 radical (unpaired) electrons. The van der Waals surface area contributed by atoms with Gasteiger partial charge in [0, 0.05) is 6.07 Å². The Morgan fingerprint density at radius 3 is 2.86 bits per heavy atom. The zero-order valence-electron chi connectivity index (χ0n) is 12.2. The first kappa shape index (κ1) is 13.9. The summed E-state index contributed by atoms with van der Waals surface area (Å²) >= 11 is 0. The van der Waals surface area contributed by atoms with Gasteiger partial charge in [0.1, 0.15) is 11.3 Å². The molecule has 1 aromatic heterocycles. The van der Waals surface area contributed by atoms with E-state index in [9.17, 15) is 9.59 Å². The lowest BCUT2D eigenvalue weighted by Crippen LogP contribution is -2.15. The van der Waals surface area contributed by atoms with Crippen LogP contribution in [0.4, 0.5) is 0 Å². The van der Waals surface area contributed by atoms with Crippen LogP contribution in [0, 0.1) is 12.8 Å². The number of carbonyl (C=O) groups excluding carboxylic acids is 1. The predicted octanol–water partition coefficient (Wildman–Crippen LogP) is 3.45.